The fourth-order valence-corrected chi connectivity index (χ4v) is 1.15. The van der Waals surface area contributed by atoms with Crippen LogP contribution in [0.15, 0.2) is 30.3 Å². The number of esters is 1. The summed E-state index contributed by atoms with van der Waals surface area (Å²) < 4.78 is 4.57. The van der Waals surface area contributed by atoms with Crippen molar-refractivity contribution in [2.45, 2.75) is 0 Å². The highest BCUT2D eigenvalue weighted by atomic mass is 16.6. The molecule has 0 spiro atoms. The van der Waals surface area contributed by atoms with E-state index < -0.39 is 11.9 Å². The summed E-state index contributed by atoms with van der Waals surface area (Å²) in [6.45, 7) is 0.0156. The van der Waals surface area contributed by atoms with Crippen LogP contribution < -0.4 is 4.90 Å². The van der Waals surface area contributed by atoms with E-state index in [0.717, 1.165) is 0 Å². The Labute approximate surface area is 74.7 Å². The lowest BCUT2D eigenvalue weighted by molar-refractivity contribution is -0.146. The summed E-state index contributed by atoms with van der Waals surface area (Å²) in [5, 5.41) is 0. The van der Waals surface area contributed by atoms with Crippen LogP contribution in [-0.2, 0) is 14.3 Å². The maximum atomic E-state index is 11.2. The molecule has 4 nitrogen and oxygen atoms in total. The number of benzene rings is 1. The van der Waals surface area contributed by atoms with Crippen LogP contribution in [0.2, 0.25) is 0 Å². The van der Waals surface area contributed by atoms with Crippen molar-refractivity contribution in [3.63, 3.8) is 0 Å². The highest BCUT2D eigenvalue weighted by Gasteiger charge is 2.32. The fourth-order valence-electron chi connectivity index (χ4n) is 1.15. The fraction of sp³-hybridized carbons (Fsp3) is 0.111. The second-order valence-corrected chi connectivity index (χ2v) is 2.63. The zero-order chi connectivity index (χ0) is 9.26. The summed E-state index contributed by atoms with van der Waals surface area (Å²) in [6, 6.07) is 8.93. The largest absolute Gasteiger partial charge is 0.437 e. The lowest BCUT2D eigenvalue weighted by Crippen LogP contribution is -2.26. The molecule has 4 heteroatoms. The monoisotopic (exact) mass is 177 g/mol. The van der Waals surface area contributed by atoms with Crippen LogP contribution in [0.3, 0.4) is 0 Å². The van der Waals surface area contributed by atoms with Gasteiger partial charge in [0.2, 0.25) is 0 Å². The van der Waals surface area contributed by atoms with Crippen molar-refractivity contribution in [1.82, 2.24) is 0 Å². The molecule has 0 bridgehead atoms. The molecule has 1 aliphatic heterocycles. The van der Waals surface area contributed by atoms with Crippen molar-refractivity contribution in [3.05, 3.63) is 30.3 Å². The van der Waals surface area contributed by atoms with Gasteiger partial charge in [0.1, 0.15) is 0 Å². The first kappa shape index (κ1) is 7.79. The molecule has 0 saturated carbocycles. The normalized spacial score (nSPS) is 16.2. The average Bonchev–Trinajstić information content (AvgIpc) is 2.49. The van der Waals surface area contributed by atoms with Crippen molar-refractivity contribution in [3.8, 4) is 0 Å². The third-order valence-electron chi connectivity index (χ3n) is 1.81. The molecule has 66 valence electrons. The van der Waals surface area contributed by atoms with Crippen LogP contribution in [0.1, 0.15) is 0 Å². The number of hydrogen-bond acceptors (Lipinski definition) is 3. The number of carbonyl (C=O) groups excluding carboxylic acids is 2. The van der Waals surface area contributed by atoms with E-state index in [1.165, 1.54) is 4.90 Å². The van der Waals surface area contributed by atoms with E-state index in [1.54, 1.807) is 24.3 Å². The van der Waals surface area contributed by atoms with E-state index in [-0.39, 0.29) is 6.73 Å². The smallest absolute Gasteiger partial charge is 0.399 e. The number of ether oxygens (including phenoxy) is 1. The minimum absolute atomic E-state index is 0.0156. The van der Waals surface area contributed by atoms with Gasteiger partial charge in [-0.15, -0.1) is 0 Å². The van der Waals surface area contributed by atoms with Gasteiger partial charge in [-0.05, 0) is 12.1 Å². The Morgan fingerprint density at radius 3 is 2.38 bits per heavy atom. The maximum absolute atomic E-state index is 11.2. The Bertz CT molecular complexity index is 347. The zero-order valence-corrected chi connectivity index (χ0v) is 6.77. The molecule has 1 aliphatic rings. The van der Waals surface area contributed by atoms with Gasteiger partial charge in [0.25, 0.3) is 0 Å². The highest BCUT2D eigenvalue weighted by Crippen LogP contribution is 2.16. The second-order valence-electron chi connectivity index (χ2n) is 2.63. The number of hydrogen-bond donors (Lipinski definition) is 0. The molecule has 0 unspecified atom stereocenters. The molecular weight excluding hydrogens is 170 g/mol. The molecule has 13 heavy (non-hydrogen) atoms. The van der Waals surface area contributed by atoms with Gasteiger partial charge in [0, 0.05) is 5.69 Å². The third-order valence-corrected chi connectivity index (χ3v) is 1.81. The Morgan fingerprint density at radius 1 is 1.15 bits per heavy atom. The first-order valence-electron chi connectivity index (χ1n) is 3.83. The van der Waals surface area contributed by atoms with E-state index in [9.17, 15) is 9.59 Å². The quantitative estimate of drug-likeness (QED) is 0.464. The molecule has 0 radical (unpaired) electrons. The van der Waals surface area contributed by atoms with Crippen molar-refractivity contribution in [2.24, 2.45) is 0 Å². The van der Waals surface area contributed by atoms with Crippen LogP contribution in [0, 0.1) is 0 Å². The minimum atomic E-state index is -0.788. The third kappa shape index (κ3) is 1.26. The lowest BCUT2D eigenvalue weighted by atomic mass is 10.3. The van der Waals surface area contributed by atoms with Crippen LogP contribution >= 0.6 is 0 Å². The van der Waals surface area contributed by atoms with Crippen molar-refractivity contribution < 1.29 is 14.3 Å². The number of para-hydroxylation sites is 1. The van der Waals surface area contributed by atoms with Gasteiger partial charge in [0.05, 0.1) is 0 Å². The number of amides is 1. The molecule has 1 aromatic rings. The summed E-state index contributed by atoms with van der Waals surface area (Å²) >= 11 is 0. The van der Waals surface area contributed by atoms with Gasteiger partial charge in [-0.2, -0.15) is 0 Å². The minimum Gasteiger partial charge on any atom is -0.437 e. The van der Waals surface area contributed by atoms with E-state index in [2.05, 4.69) is 4.74 Å². The van der Waals surface area contributed by atoms with Crippen molar-refractivity contribution in [1.29, 1.82) is 0 Å². The van der Waals surface area contributed by atoms with Gasteiger partial charge in [-0.1, -0.05) is 18.2 Å². The Morgan fingerprint density at radius 2 is 1.85 bits per heavy atom. The van der Waals surface area contributed by atoms with E-state index in [1.807, 2.05) is 6.07 Å². The topological polar surface area (TPSA) is 46.6 Å². The molecule has 1 heterocycles. The number of cyclic esters (lactones) is 1. The number of anilines is 1. The summed E-state index contributed by atoms with van der Waals surface area (Å²) in [5.41, 5.74) is 0.679. The molecular formula is C9H7NO3. The summed E-state index contributed by atoms with van der Waals surface area (Å²) in [4.78, 5) is 23.2. The summed E-state index contributed by atoms with van der Waals surface area (Å²) in [6.07, 6.45) is 0. The predicted octanol–water partition coefficient (Wildman–Crippen LogP) is 0.534. The Kier molecular flexibility index (Phi) is 1.73. The van der Waals surface area contributed by atoms with E-state index in [0.29, 0.717) is 5.69 Å². The Hall–Kier alpha value is -1.84. The SMILES string of the molecule is O=C1OCN(c2ccccc2)C1=O. The van der Waals surface area contributed by atoms with Gasteiger partial charge in [-0.3, -0.25) is 9.69 Å². The lowest BCUT2D eigenvalue weighted by Gasteiger charge is -2.10. The standard InChI is InChI=1S/C9H7NO3/c11-8-9(12)13-6-10(8)7-4-2-1-3-5-7/h1-5H,6H2. The maximum Gasteiger partial charge on any atom is 0.399 e. The van der Waals surface area contributed by atoms with E-state index >= 15 is 0 Å². The molecule has 1 aromatic carbocycles. The van der Waals surface area contributed by atoms with Gasteiger partial charge in [0.15, 0.2) is 6.73 Å². The summed E-state index contributed by atoms with van der Waals surface area (Å²) in [5.74, 6) is -1.39. The molecule has 1 amide bonds. The zero-order valence-electron chi connectivity index (χ0n) is 6.77. The van der Waals surface area contributed by atoms with Crippen molar-refractivity contribution >= 4 is 17.6 Å². The first-order chi connectivity index (χ1) is 6.29. The molecule has 1 saturated heterocycles. The van der Waals surface area contributed by atoms with E-state index in [4.69, 9.17) is 0 Å². The average molecular weight is 177 g/mol. The highest BCUT2D eigenvalue weighted by molar-refractivity contribution is 6.39. The molecule has 0 atom stereocenters. The molecule has 1 fully saturated rings. The van der Waals surface area contributed by atoms with Gasteiger partial charge >= 0.3 is 11.9 Å². The second kappa shape index (κ2) is 2.90. The Balaban J connectivity index is 2.29. The number of nitrogens with zero attached hydrogens (tertiary/aromatic N) is 1. The predicted molar refractivity (Wildman–Crippen MR) is 44.9 cm³/mol. The number of carbonyl (C=O) groups is 2. The van der Waals surface area contributed by atoms with Gasteiger partial charge in [-0.25, -0.2) is 4.79 Å². The van der Waals surface area contributed by atoms with Crippen LogP contribution in [-0.4, -0.2) is 18.6 Å². The van der Waals surface area contributed by atoms with Crippen LogP contribution in [0.4, 0.5) is 5.69 Å². The molecule has 0 N–H and O–H groups in total. The van der Waals surface area contributed by atoms with Gasteiger partial charge < -0.3 is 4.74 Å². The van der Waals surface area contributed by atoms with Crippen molar-refractivity contribution in [2.75, 3.05) is 11.6 Å². The molecule has 0 aliphatic carbocycles. The molecule has 2 rings (SSSR count). The number of rotatable bonds is 1. The molecule has 0 aromatic heterocycles. The van der Waals surface area contributed by atoms with Crippen LogP contribution in [0.5, 0.6) is 0 Å². The van der Waals surface area contributed by atoms with Crippen LogP contribution in [0.25, 0.3) is 0 Å². The first-order valence-corrected chi connectivity index (χ1v) is 3.83. The summed E-state index contributed by atoms with van der Waals surface area (Å²) in [7, 11) is 0.